The Morgan fingerprint density at radius 3 is 1.58 bits per heavy atom. The highest BCUT2D eigenvalue weighted by molar-refractivity contribution is 5.87. The van der Waals surface area contributed by atoms with Gasteiger partial charge >= 0.3 is 12.2 Å². The van der Waals surface area contributed by atoms with Crippen molar-refractivity contribution in [2.75, 3.05) is 25.1 Å². The minimum atomic E-state index is -1.21. The Labute approximate surface area is 374 Å². The van der Waals surface area contributed by atoms with Crippen molar-refractivity contribution in [1.82, 2.24) is 40.4 Å². The van der Waals surface area contributed by atoms with Crippen LogP contribution in [0.3, 0.4) is 0 Å². The van der Waals surface area contributed by atoms with Crippen LogP contribution >= 0.6 is 0 Å². The second kappa shape index (κ2) is 17.8. The minimum absolute atomic E-state index is 0.00408. The van der Waals surface area contributed by atoms with E-state index in [-0.39, 0.29) is 53.2 Å². The Hall–Kier alpha value is -6.12. The molecule has 3 saturated heterocycles. The van der Waals surface area contributed by atoms with Crippen LogP contribution in [-0.2, 0) is 19.7 Å². The summed E-state index contributed by atoms with van der Waals surface area (Å²) in [5.74, 6) is 0.764. The van der Waals surface area contributed by atoms with Crippen molar-refractivity contribution in [2.45, 2.75) is 129 Å². The van der Waals surface area contributed by atoms with E-state index < -0.39 is 24.3 Å². The Bertz CT molecular complexity index is 2520. The Morgan fingerprint density at radius 2 is 1.16 bits per heavy atom. The second-order valence-electron chi connectivity index (χ2n) is 19.5. The first-order valence-corrected chi connectivity index (χ1v) is 22.8. The number of fused-ring (bicyclic) bond motifs is 2. The van der Waals surface area contributed by atoms with Crippen molar-refractivity contribution in [2.24, 2.45) is 11.8 Å². The van der Waals surface area contributed by atoms with E-state index in [1.54, 1.807) is 4.90 Å². The fourth-order valence-electron chi connectivity index (χ4n) is 10.1. The number of hydrogen-bond donors (Lipinski definition) is 5. The number of carboxylic acid groups (broad SMARTS) is 1. The van der Waals surface area contributed by atoms with Crippen LogP contribution in [0.4, 0.5) is 15.3 Å². The van der Waals surface area contributed by atoms with Gasteiger partial charge in [0.15, 0.2) is 0 Å². The zero-order valence-corrected chi connectivity index (χ0v) is 38.3. The summed E-state index contributed by atoms with van der Waals surface area (Å²) in [6.45, 7) is 15.3. The van der Waals surface area contributed by atoms with E-state index in [0.717, 1.165) is 77.7 Å². The zero-order valence-electron chi connectivity index (χ0n) is 38.3. The maximum Gasteiger partial charge on any atom is 0.407 e. The van der Waals surface area contributed by atoms with Gasteiger partial charge in [0.25, 0.3) is 0 Å². The van der Waals surface area contributed by atoms with Gasteiger partial charge in [0, 0.05) is 18.8 Å². The summed E-state index contributed by atoms with van der Waals surface area (Å²) in [7, 11) is 1.30. The molecule has 6 atom stereocenters. The number of aromatic amines is 2. The number of nitrogens with zero attached hydrogens (tertiary/aromatic N) is 5. The molecule has 0 saturated carbocycles. The molecule has 2 aromatic heterocycles. The third kappa shape index (κ3) is 8.73. The normalized spacial score (nSPS) is 21.3. The van der Waals surface area contributed by atoms with Gasteiger partial charge in [-0.15, -0.1) is 0 Å². The molecule has 5 heterocycles. The molecule has 3 aromatic carbocycles. The first kappa shape index (κ1) is 44.5. The van der Waals surface area contributed by atoms with Crippen molar-refractivity contribution < 1.29 is 29.0 Å². The summed E-state index contributed by atoms with van der Waals surface area (Å²) in [5, 5.41) is 14.6. The quantitative estimate of drug-likeness (QED) is 0.0864. The lowest BCUT2D eigenvalue weighted by atomic mass is 9.87. The number of amides is 4. The van der Waals surface area contributed by atoms with E-state index in [1.165, 1.54) is 18.2 Å². The van der Waals surface area contributed by atoms with E-state index in [0.29, 0.717) is 18.9 Å². The number of carbonyl (C=O) groups excluding carboxylic acids is 3. The number of ether oxygens (including phenoxy) is 1. The van der Waals surface area contributed by atoms with Gasteiger partial charge in [-0.3, -0.25) is 9.59 Å². The van der Waals surface area contributed by atoms with Crippen LogP contribution in [0.5, 0.6) is 0 Å². The number of benzene rings is 3. The Kier molecular flexibility index (Phi) is 12.4. The minimum Gasteiger partial charge on any atom is -0.465 e. The summed E-state index contributed by atoms with van der Waals surface area (Å²) in [6.07, 6.45) is 3.15. The van der Waals surface area contributed by atoms with Crippen LogP contribution in [0, 0.1) is 11.8 Å². The number of carbonyl (C=O) groups is 4. The third-order valence-electron chi connectivity index (χ3n) is 13.5. The number of H-pyrrole nitrogens is 2. The van der Waals surface area contributed by atoms with Gasteiger partial charge in [-0.2, -0.15) is 0 Å². The lowest BCUT2D eigenvalue weighted by Gasteiger charge is -2.34. The van der Waals surface area contributed by atoms with Gasteiger partial charge in [-0.25, -0.2) is 19.6 Å². The van der Waals surface area contributed by atoms with Crippen molar-refractivity contribution in [3.05, 3.63) is 89.0 Å². The van der Waals surface area contributed by atoms with E-state index >= 15 is 0 Å². The second-order valence-corrected chi connectivity index (χ2v) is 19.5. The molecular weight excluding hydrogens is 811 g/mol. The molecule has 5 N–H and O–H groups in total. The first-order valence-electron chi connectivity index (χ1n) is 22.8. The molecule has 4 amide bonds. The van der Waals surface area contributed by atoms with E-state index in [2.05, 4.69) is 107 Å². The van der Waals surface area contributed by atoms with E-state index in [4.69, 9.17) is 14.7 Å². The number of aromatic nitrogens is 4. The predicted octanol–water partition coefficient (Wildman–Crippen LogP) is 8.82. The van der Waals surface area contributed by atoms with Crippen molar-refractivity contribution in [3.8, 4) is 0 Å². The molecule has 3 aliphatic heterocycles. The topological polar surface area (TPSA) is 189 Å². The van der Waals surface area contributed by atoms with Gasteiger partial charge in [-0.1, -0.05) is 72.7 Å². The summed E-state index contributed by atoms with van der Waals surface area (Å²) in [6, 6.07) is 19.9. The largest absolute Gasteiger partial charge is 0.465 e. The standard InChI is InChI=1S/C49H63N9O6/c1-27(2)41(54-47(61)62)45(59)56-23-9-11-39(56)43-50-33-19-13-29(25-35(33)52-43)37-21-22-38(58(37)32-17-15-31(16-18-32)49(5,6)7)30-14-20-34-36(26-30)53-44(51-34)40-12-10-24-57(40)46(60)42(28(3)4)55-48(63)64-8/h13-20,25-28,37-42,54H,9-12,21-24H2,1-8H3,(H,50,52)(H,51,53)(H,55,63)(H,61,62)/t37-,38-,39-,40-,41-,42-/m0/s1. The number of anilines is 1. The molecule has 15 nitrogen and oxygen atoms in total. The molecule has 0 radical (unpaired) electrons. The lowest BCUT2D eigenvalue weighted by molar-refractivity contribution is -0.136. The first-order chi connectivity index (χ1) is 30.5. The number of rotatable bonds is 11. The summed E-state index contributed by atoms with van der Waals surface area (Å²) >= 11 is 0. The average Bonchev–Trinajstić information content (AvgIpc) is 4.11. The molecule has 0 bridgehead atoms. The summed E-state index contributed by atoms with van der Waals surface area (Å²) in [4.78, 5) is 74.7. The third-order valence-corrected chi connectivity index (χ3v) is 13.5. The average molecular weight is 874 g/mol. The highest BCUT2D eigenvalue weighted by Crippen LogP contribution is 2.48. The summed E-state index contributed by atoms with van der Waals surface area (Å²) < 4.78 is 4.83. The van der Waals surface area contributed by atoms with Crippen LogP contribution in [0.25, 0.3) is 22.1 Å². The lowest BCUT2D eigenvalue weighted by Crippen LogP contribution is -2.51. The molecule has 3 fully saturated rings. The Morgan fingerprint density at radius 1 is 0.688 bits per heavy atom. The van der Waals surface area contributed by atoms with E-state index in [1.807, 2.05) is 32.6 Å². The fraction of sp³-hybridized carbons (Fsp3) is 0.510. The molecule has 8 rings (SSSR count). The maximum absolute atomic E-state index is 13.9. The fourth-order valence-corrected chi connectivity index (χ4v) is 10.1. The van der Waals surface area contributed by atoms with Crippen LogP contribution in [0.2, 0.25) is 0 Å². The molecule has 0 unspecified atom stereocenters. The monoisotopic (exact) mass is 873 g/mol. The van der Waals surface area contributed by atoms with Crippen LogP contribution in [0.1, 0.15) is 139 Å². The molecular formula is C49H63N9O6. The molecule has 64 heavy (non-hydrogen) atoms. The maximum atomic E-state index is 13.9. The number of likely N-dealkylation sites (tertiary alicyclic amines) is 2. The van der Waals surface area contributed by atoms with Gasteiger partial charge in [0.1, 0.15) is 23.7 Å². The molecule has 5 aromatic rings. The van der Waals surface area contributed by atoms with Crippen molar-refractivity contribution >= 4 is 51.8 Å². The highest BCUT2D eigenvalue weighted by atomic mass is 16.5. The smallest absolute Gasteiger partial charge is 0.407 e. The SMILES string of the molecule is COC(=O)N[C@H](C(=O)N1CCC[C@H]1c1nc2ccc([C@@H]3CC[C@@H](c4ccc5nc([C@@H]6CCCN6C(=O)[C@@H](NC(=O)O)C(C)C)[nH]c5c4)N3c3ccc(C(C)(C)C)cc3)cc2[nH]1)C(C)C. The number of hydrogen-bond acceptors (Lipinski definition) is 8. The molecule has 0 spiro atoms. The van der Waals surface area contributed by atoms with E-state index in [9.17, 15) is 24.3 Å². The van der Waals surface area contributed by atoms with Crippen molar-refractivity contribution in [1.29, 1.82) is 0 Å². The van der Waals surface area contributed by atoms with Gasteiger partial charge in [-0.05, 0) is 109 Å². The molecule has 340 valence electrons. The number of nitrogens with one attached hydrogen (secondary N) is 4. The highest BCUT2D eigenvalue weighted by Gasteiger charge is 2.40. The van der Waals surface area contributed by atoms with Crippen molar-refractivity contribution in [3.63, 3.8) is 0 Å². The number of methoxy groups -OCH3 is 1. The number of imidazole rings is 2. The van der Waals surface area contributed by atoms with Gasteiger partial charge < -0.3 is 45.1 Å². The molecule has 3 aliphatic rings. The predicted molar refractivity (Wildman–Crippen MR) is 246 cm³/mol. The summed E-state index contributed by atoms with van der Waals surface area (Å²) in [5.41, 5.74) is 8.19. The van der Waals surface area contributed by atoms with Gasteiger partial charge in [0.2, 0.25) is 11.8 Å². The van der Waals surface area contributed by atoms with Gasteiger partial charge in [0.05, 0.1) is 53.3 Å². The number of alkyl carbamates (subject to hydrolysis) is 1. The van der Waals surface area contributed by atoms with Crippen LogP contribution < -0.4 is 15.5 Å². The Balaban J connectivity index is 1.09. The molecule has 0 aliphatic carbocycles. The van der Waals surface area contributed by atoms with Crippen LogP contribution in [-0.4, -0.2) is 91.1 Å². The van der Waals surface area contributed by atoms with Crippen LogP contribution in [0.15, 0.2) is 60.7 Å². The molecule has 15 heteroatoms. The zero-order chi connectivity index (χ0) is 45.6.